The van der Waals surface area contributed by atoms with Crippen molar-refractivity contribution in [3.63, 3.8) is 0 Å². The summed E-state index contributed by atoms with van der Waals surface area (Å²) in [6.45, 7) is 3.26. The minimum absolute atomic E-state index is 0.0138. The smallest absolute Gasteiger partial charge is 0.290 e. The fraction of sp³-hybridized carbons (Fsp3) is 0.323. The molecule has 0 saturated carbocycles. The molecule has 12 heteroatoms. The van der Waals surface area contributed by atoms with Gasteiger partial charge in [-0.05, 0) is 54.7 Å². The van der Waals surface area contributed by atoms with Gasteiger partial charge in [0.05, 0.1) is 29.1 Å². The molecular weight excluding hydrogens is 570 g/mol. The van der Waals surface area contributed by atoms with Crippen molar-refractivity contribution >= 4 is 39.0 Å². The molecule has 2 atom stereocenters. The molecule has 0 fully saturated rings. The van der Waals surface area contributed by atoms with Gasteiger partial charge in [-0.2, -0.15) is 0 Å². The Morgan fingerprint density at radius 1 is 1.14 bits per heavy atom. The van der Waals surface area contributed by atoms with Crippen molar-refractivity contribution in [1.82, 2.24) is 20.2 Å². The van der Waals surface area contributed by atoms with E-state index in [1.807, 2.05) is 61.7 Å². The summed E-state index contributed by atoms with van der Waals surface area (Å²) in [5, 5.41) is 25.2. The Bertz CT molecular complexity index is 1640. The van der Waals surface area contributed by atoms with Crippen LogP contribution in [0.5, 0.6) is 0 Å². The maximum atomic E-state index is 13.7. The quantitative estimate of drug-likeness (QED) is 0.201. The number of carbonyl (C=O) groups excluding carboxylic acids is 1. The number of hydrogen-bond acceptors (Lipinski definition) is 7. The van der Waals surface area contributed by atoms with Crippen molar-refractivity contribution in [3.05, 3.63) is 95.4 Å². The Labute approximate surface area is 251 Å². The highest BCUT2D eigenvalue weighted by Crippen LogP contribution is 2.36. The van der Waals surface area contributed by atoms with E-state index in [0.717, 1.165) is 27.6 Å². The number of anilines is 1. The Morgan fingerprint density at radius 2 is 1.86 bits per heavy atom. The van der Waals surface area contributed by atoms with Crippen molar-refractivity contribution in [2.24, 2.45) is 0 Å². The number of nitrogens with zero attached hydrogens (tertiary/aromatic N) is 3. The average molecular weight is 608 g/mol. The molecule has 0 spiro atoms. The van der Waals surface area contributed by atoms with E-state index in [9.17, 15) is 18.3 Å². The summed E-state index contributed by atoms with van der Waals surface area (Å²) >= 11 is 0. The summed E-state index contributed by atoms with van der Waals surface area (Å²) < 4.78 is 29.1. The molecule has 43 heavy (non-hydrogen) atoms. The number of aromatic nitrogens is 2. The van der Waals surface area contributed by atoms with Crippen molar-refractivity contribution in [3.8, 4) is 0 Å². The van der Waals surface area contributed by atoms with E-state index in [-0.39, 0.29) is 24.7 Å². The minimum atomic E-state index is -3.51. The number of pyridine rings is 1. The highest BCUT2D eigenvalue weighted by molar-refractivity contribution is 7.92. The molecule has 4 N–H and O–H groups in total. The van der Waals surface area contributed by atoms with Crippen molar-refractivity contribution in [2.45, 2.75) is 45.0 Å². The normalized spacial score (nSPS) is 15.1. The molecule has 1 amide bonds. The van der Waals surface area contributed by atoms with Gasteiger partial charge in [-0.1, -0.05) is 36.4 Å². The van der Waals surface area contributed by atoms with Gasteiger partial charge in [0.2, 0.25) is 10.0 Å². The molecule has 0 saturated heterocycles. The molecule has 11 nitrogen and oxygen atoms in total. The van der Waals surface area contributed by atoms with Crippen LogP contribution in [0.15, 0.2) is 73.2 Å². The molecule has 0 bridgehead atoms. The highest BCUT2D eigenvalue weighted by atomic mass is 32.2. The average Bonchev–Trinajstić information content (AvgIpc) is 3.34. The number of sulfonamides is 1. The Balaban J connectivity index is 0.00000135. The lowest BCUT2D eigenvalue weighted by Crippen LogP contribution is -2.48. The van der Waals surface area contributed by atoms with E-state index in [0.29, 0.717) is 37.2 Å². The second-order valence-corrected chi connectivity index (χ2v) is 12.4. The zero-order valence-corrected chi connectivity index (χ0v) is 25.0. The summed E-state index contributed by atoms with van der Waals surface area (Å²) in [5.41, 5.74) is 4.61. The van der Waals surface area contributed by atoms with Crippen molar-refractivity contribution < 1.29 is 28.2 Å². The molecule has 1 aliphatic rings. The van der Waals surface area contributed by atoms with E-state index < -0.39 is 22.2 Å². The maximum absolute atomic E-state index is 13.7. The van der Waals surface area contributed by atoms with Crippen LogP contribution in [0, 0.1) is 0 Å². The van der Waals surface area contributed by atoms with E-state index in [2.05, 4.69) is 20.2 Å². The molecule has 2 aromatic heterocycles. The second kappa shape index (κ2) is 14.3. The number of benzene rings is 2. The molecule has 0 radical (unpaired) electrons. The lowest BCUT2D eigenvalue weighted by Gasteiger charge is -2.25. The standard InChI is InChI=1S/C30H35N5O4S.CH2O2/c1-3-35-20-23-11-13-40(38,39)34(2)26-15-24(16-27(35)29(23)26)30(37)33-25(14-21-8-5-4-6-9-21)28(36)19-32-18-22-10-7-12-31-17-22;2-1-3/h4-10,12,15-17,20,25,28,32,36H,3,11,13-14,18-19H2,1-2H3,(H,33,37);1H,(H,2,3)/t25-,28+;/m0./s1. The first kappa shape index (κ1) is 31.7. The van der Waals surface area contributed by atoms with Crippen LogP contribution in [0.3, 0.4) is 0 Å². The second-order valence-electron chi connectivity index (χ2n) is 10.3. The number of hydrogen-bond donors (Lipinski definition) is 4. The van der Waals surface area contributed by atoms with Gasteiger partial charge < -0.3 is 25.4 Å². The van der Waals surface area contributed by atoms with Crippen LogP contribution in [0.1, 0.15) is 34.0 Å². The van der Waals surface area contributed by atoms with Gasteiger partial charge in [-0.3, -0.25) is 18.9 Å². The van der Waals surface area contributed by atoms with Crippen LogP contribution < -0.4 is 14.9 Å². The summed E-state index contributed by atoms with van der Waals surface area (Å²) in [7, 11) is -1.97. The molecule has 1 aliphatic heterocycles. The number of aliphatic hydroxyl groups is 1. The highest BCUT2D eigenvalue weighted by Gasteiger charge is 2.29. The Kier molecular flexibility index (Phi) is 10.5. The topological polar surface area (TPSA) is 154 Å². The number of aliphatic hydroxyl groups excluding tert-OH is 1. The zero-order chi connectivity index (χ0) is 31.0. The first-order chi connectivity index (χ1) is 20.7. The predicted molar refractivity (Wildman–Crippen MR) is 166 cm³/mol. The van der Waals surface area contributed by atoms with Gasteiger partial charge in [0.25, 0.3) is 12.4 Å². The number of amides is 1. The zero-order valence-electron chi connectivity index (χ0n) is 24.2. The van der Waals surface area contributed by atoms with Crippen LogP contribution in [0.25, 0.3) is 10.9 Å². The fourth-order valence-corrected chi connectivity index (χ4v) is 6.45. The van der Waals surface area contributed by atoms with E-state index in [1.165, 1.54) is 4.31 Å². The third-order valence-electron chi connectivity index (χ3n) is 7.51. The minimum Gasteiger partial charge on any atom is -0.483 e. The molecule has 228 valence electrons. The van der Waals surface area contributed by atoms with Gasteiger partial charge in [-0.15, -0.1) is 0 Å². The van der Waals surface area contributed by atoms with E-state index in [1.54, 1.807) is 25.5 Å². The third kappa shape index (κ3) is 7.58. The van der Waals surface area contributed by atoms with Gasteiger partial charge in [-0.25, -0.2) is 8.42 Å². The van der Waals surface area contributed by atoms with Crippen LogP contribution in [-0.4, -0.2) is 72.1 Å². The van der Waals surface area contributed by atoms with Crippen LogP contribution in [-0.2, 0) is 40.7 Å². The van der Waals surface area contributed by atoms with Crippen LogP contribution in [0.4, 0.5) is 5.69 Å². The summed E-state index contributed by atoms with van der Waals surface area (Å²) in [4.78, 5) is 26.2. The molecule has 4 aromatic rings. The molecule has 5 rings (SSSR count). The van der Waals surface area contributed by atoms with E-state index >= 15 is 0 Å². The number of carboxylic acid groups (broad SMARTS) is 1. The SMILES string of the molecule is CCn1cc2c3c(cc(C(=O)N[C@@H](Cc4ccccc4)[C@H](O)CNCc4cccnc4)cc31)N(C)S(=O)(=O)CC2.O=CO. The first-order valence-electron chi connectivity index (χ1n) is 14.0. The molecule has 2 aromatic carbocycles. The monoisotopic (exact) mass is 607 g/mol. The lowest BCUT2D eigenvalue weighted by atomic mass is 10.00. The van der Waals surface area contributed by atoms with Crippen LogP contribution in [0.2, 0.25) is 0 Å². The molecule has 0 unspecified atom stereocenters. The third-order valence-corrected chi connectivity index (χ3v) is 9.26. The van der Waals surface area contributed by atoms with Gasteiger partial charge in [0.1, 0.15) is 0 Å². The molecular formula is C31H37N5O6S. The number of nitrogens with one attached hydrogen (secondary N) is 2. The number of aryl methyl sites for hydroxylation is 2. The summed E-state index contributed by atoms with van der Waals surface area (Å²) in [6.07, 6.45) is 5.44. The molecule has 0 aliphatic carbocycles. The molecule has 3 heterocycles. The van der Waals surface area contributed by atoms with Gasteiger partial charge in [0.15, 0.2) is 0 Å². The van der Waals surface area contributed by atoms with Crippen LogP contribution >= 0.6 is 0 Å². The van der Waals surface area contributed by atoms with Crippen molar-refractivity contribution in [2.75, 3.05) is 23.7 Å². The van der Waals surface area contributed by atoms with Gasteiger partial charge >= 0.3 is 0 Å². The van der Waals surface area contributed by atoms with E-state index in [4.69, 9.17) is 9.90 Å². The van der Waals surface area contributed by atoms with Crippen molar-refractivity contribution in [1.29, 1.82) is 0 Å². The maximum Gasteiger partial charge on any atom is 0.290 e. The number of rotatable bonds is 10. The fourth-order valence-electron chi connectivity index (χ4n) is 5.26. The Morgan fingerprint density at radius 3 is 2.53 bits per heavy atom. The Hall–Kier alpha value is -4.26. The lowest BCUT2D eigenvalue weighted by molar-refractivity contribution is -0.122. The first-order valence-corrected chi connectivity index (χ1v) is 15.6. The summed E-state index contributed by atoms with van der Waals surface area (Å²) in [6, 6.07) is 16.4. The predicted octanol–water partition coefficient (Wildman–Crippen LogP) is 2.57. The van der Waals surface area contributed by atoms with Gasteiger partial charge in [0, 0.05) is 56.2 Å². The summed E-state index contributed by atoms with van der Waals surface area (Å²) in [5.74, 6) is -0.356. The number of carbonyl (C=O) groups is 2. The largest absolute Gasteiger partial charge is 0.483 e.